The summed E-state index contributed by atoms with van der Waals surface area (Å²) in [4.78, 5) is 11.4. The van der Waals surface area contributed by atoms with E-state index in [1.807, 2.05) is 6.07 Å². The number of halogens is 1. The number of methoxy groups -OCH3 is 1. The number of esters is 1. The summed E-state index contributed by atoms with van der Waals surface area (Å²) in [6.45, 7) is 2.21. The van der Waals surface area contributed by atoms with Crippen LogP contribution in [0.2, 0.25) is 0 Å². The van der Waals surface area contributed by atoms with Gasteiger partial charge in [-0.05, 0) is 42.7 Å². The molecule has 1 aliphatic carbocycles. The van der Waals surface area contributed by atoms with Gasteiger partial charge in [0.1, 0.15) is 0 Å². The number of carbonyl (C=O) groups excluding carboxylic acids is 1. The zero-order chi connectivity index (χ0) is 13.1. The van der Waals surface area contributed by atoms with E-state index in [2.05, 4.69) is 41.1 Å². The highest BCUT2D eigenvalue weighted by molar-refractivity contribution is 9.10. The molecule has 0 aliphatic heterocycles. The molecule has 0 bridgehead atoms. The molecule has 3 heteroatoms. The molecule has 0 aromatic heterocycles. The summed E-state index contributed by atoms with van der Waals surface area (Å²) in [6, 6.07) is 8.37. The van der Waals surface area contributed by atoms with Crippen LogP contribution in [0.1, 0.15) is 37.7 Å². The van der Waals surface area contributed by atoms with Crippen LogP contribution in [0.5, 0.6) is 0 Å². The normalized spacial score (nSPS) is 23.5. The minimum absolute atomic E-state index is 0.0398. The standard InChI is InChI=1S/C15H19BrO2/c1-3-10(12-6-4-5-7-14(12)16)8-11-9-13(11)15(17)18-2/h4-7,10-11,13H,3,8-9H2,1-2H3. The minimum atomic E-state index is -0.0398. The second-order valence-corrected chi connectivity index (χ2v) is 5.84. The van der Waals surface area contributed by atoms with Crippen LogP contribution in [0, 0.1) is 11.8 Å². The van der Waals surface area contributed by atoms with E-state index < -0.39 is 0 Å². The van der Waals surface area contributed by atoms with E-state index >= 15 is 0 Å². The predicted molar refractivity (Wildman–Crippen MR) is 75.4 cm³/mol. The summed E-state index contributed by atoms with van der Waals surface area (Å²) in [7, 11) is 1.48. The Morgan fingerprint density at radius 3 is 2.83 bits per heavy atom. The van der Waals surface area contributed by atoms with Gasteiger partial charge in [0, 0.05) is 4.47 Å². The maximum absolute atomic E-state index is 11.4. The predicted octanol–water partition coefficient (Wildman–Crippen LogP) is 4.14. The van der Waals surface area contributed by atoms with Gasteiger partial charge in [-0.1, -0.05) is 41.1 Å². The van der Waals surface area contributed by atoms with E-state index in [1.54, 1.807) is 0 Å². The second kappa shape index (κ2) is 5.87. The third kappa shape index (κ3) is 2.94. The van der Waals surface area contributed by atoms with Crippen LogP contribution in [0.15, 0.2) is 28.7 Å². The van der Waals surface area contributed by atoms with Crippen molar-refractivity contribution >= 4 is 21.9 Å². The van der Waals surface area contributed by atoms with Crippen molar-refractivity contribution in [3.8, 4) is 0 Å². The summed E-state index contributed by atoms with van der Waals surface area (Å²) in [5.41, 5.74) is 1.36. The Bertz CT molecular complexity index is 430. The van der Waals surface area contributed by atoms with Gasteiger partial charge in [0.25, 0.3) is 0 Å². The van der Waals surface area contributed by atoms with Crippen LogP contribution >= 0.6 is 15.9 Å². The van der Waals surface area contributed by atoms with Crippen LogP contribution in [0.25, 0.3) is 0 Å². The first kappa shape index (κ1) is 13.6. The fourth-order valence-electron chi connectivity index (χ4n) is 2.63. The van der Waals surface area contributed by atoms with Gasteiger partial charge in [-0.15, -0.1) is 0 Å². The largest absolute Gasteiger partial charge is 0.469 e. The average molecular weight is 311 g/mol. The van der Waals surface area contributed by atoms with Gasteiger partial charge in [0.05, 0.1) is 13.0 Å². The van der Waals surface area contributed by atoms with Gasteiger partial charge in [0.2, 0.25) is 0 Å². The molecule has 0 radical (unpaired) electrons. The van der Waals surface area contributed by atoms with E-state index in [9.17, 15) is 4.79 Å². The topological polar surface area (TPSA) is 26.3 Å². The van der Waals surface area contributed by atoms with Crippen molar-refractivity contribution in [3.63, 3.8) is 0 Å². The monoisotopic (exact) mass is 310 g/mol. The van der Waals surface area contributed by atoms with Gasteiger partial charge in [-0.25, -0.2) is 0 Å². The summed E-state index contributed by atoms with van der Waals surface area (Å²) in [5.74, 6) is 1.14. The van der Waals surface area contributed by atoms with Crippen molar-refractivity contribution in [1.29, 1.82) is 0 Å². The fourth-order valence-corrected chi connectivity index (χ4v) is 3.24. The Morgan fingerprint density at radius 2 is 2.22 bits per heavy atom. The number of carbonyl (C=O) groups is 1. The molecule has 1 fully saturated rings. The minimum Gasteiger partial charge on any atom is -0.469 e. The lowest BCUT2D eigenvalue weighted by molar-refractivity contribution is -0.142. The van der Waals surface area contributed by atoms with Gasteiger partial charge in [0.15, 0.2) is 0 Å². The first-order chi connectivity index (χ1) is 8.67. The lowest BCUT2D eigenvalue weighted by Crippen LogP contribution is -2.07. The Kier molecular flexibility index (Phi) is 4.44. The fraction of sp³-hybridized carbons (Fsp3) is 0.533. The number of ether oxygens (including phenoxy) is 1. The molecule has 3 unspecified atom stereocenters. The first-order valence-corrected chi connectivity index (χ1v) is 7.28. The highest BCUT2D eigenvalue weighted by Gasteiger charge is 2.44. The van der Waals surface area contributed by atoms with Crippen LogP contribution in [-0.2, 0) is 9.53 Å². The lowest BCUT2D eigenvalue weighted by atomic mass is 9.91. The van der Waals surface area contributed by atoms with Crippen molar-refractivity contribution < 1.29 is 9.53 Å². The summed E-state index contributed by atoms with van der Waals surface area (Å²) in [6.07, 6.45) is 3.18. The molecule has 1 saturated carbocycles. The Labute approximate surface area is 117 Å². The maximum atomic E-state index is 11.4. The third-order valence-corrected chi connectivity index (χ3v) is 4.57. The third-order valence-electron chi connectivity index (χ3n) is 3.85. The highest BCUT2D eigenvalue weighted by atomic mass is 79.9. The highest BCUT2D eigenvalue weighted by Crippen LogP contribution is 2.47. The molecule has 18 heavy (non-hydrogen) atoms. The van der Waals surface area contributed by atoms with Gasteiger partial charge in [-0.2, -0.15) is 0 Å². The van der Waals surface area contributed by atoms with Crippen molar-refractivity contribution in [2.45, 2.75) is 32.1 Å². The molecule has 0 N–H and O–H groups in total. The Balaban J connectivity index is 2.00. The molecule has 2 nitrogen and oxygen atoms in total. The molecule has 0 amide bonds. The van der Waals surface area contributed by atoms with E-state index in [0.717, 1.165) is 19.3 Å². The van der Waals surface area contributed by atoms with E-state index in [1.165, 1.54) is 17.1 Å². The number of rotatable bonds is 5. The lowest BCUT2D eigenvalue weighted by Gasteiger charge is -2.16. The summed E-state index contributed by atoms with van der Waals surface area (Å²) < 4.78 is 5.97. The van der Waals surface area contributed by atoms with Crippen LogP contribution in [-0.4, -0.2) is 13.1 Å². The number of benzene rings is 1. The van der Waals surface area contributed by atoms with Crippen molar-refractivity contribution in [2.24, 2.45) is 11.8 Å². The van der Waals surface area contributed by atoms with Gasteiger partial charge < -0.3 is 4.74 Å². The zero-order valence-corrected chi connectivity index (χ0v) is 12.4. The number of hydrogen-bond acceptors (Lipinski definition) is 2. The molecule has 2 rings (SSSR count). The molecular weight excluding hydrogens is 292 g/mol. The summed E-state index contributed by atoms with van der Waals surface area (Å²) >= 11 is 3.61. The zero-order valence-electron chi connectivity index (χ0n) is 10.9. The Morgan fingerprint density at radius 1 is 1.50 bits per heavy atom. The number of hydrogen-bond donors (Lipinski definition) is 0. The van der Waals surface area contributed by atoms with Gasteiger partial charge >= 0.3 is 5.97 Å². The second-order valence-electron chi connectivity index (χ2n) is 4.99. The maximum Gasteiger partial charge on any atom is 0.308 e. The average Bonchev–Trinajstić information content (AvgIpc) is 3.15. The van der Waals surface area contributed by atoms with Crippen molar-refractivity contribution in [1.82, 2.24) is 0 Å². The molecule has 1 aromatic rings. The van der Waals surface area contributed by atoms with Crippen LogP contribution < -0.4 is 0 Å². The Hall–Kier alpha value is -0.830. The SMILES string of the molecule is CCC(CC1CC1C(=O)OC)c1ccccc1Br. The van der Waals surface area contributed by atoms with E-state index in [4.69, 9.17) is 4.74 Å². The van der Waals surface area contributed by atoms with Crippen LogP contribution in [0.3, 0.4) is 0 Å². The van der Waals surface area contributed by atoms with Crippen LogP contribution in [0.4, 0.5) is 0 Å². The van der Waals surface area contributed by atoms with E-state index in [0.29, 0.717) is 11.8 Å². The van der Waals surface area contributed by atoms with Crippen molar-refractivity contribution in [3.05, 3.63) is 34.3 Å². The first-order valence-electron chi connectivity index (χ1n) is 6.49. The molecule has 3 atom stereocenters. The quantitative estimate of drug-likeness (QED) is 0.764. The smallest absolute Gasteiger partial charge is 0.308 e. The molecule has 0 spiro atoms. The molecule has 98 valence electrons. The molecular formula is C15H19BrO2. The molecule has 0 heterocycles. The van der Waals surface area contributed by atoms with Crippen molar-refractivity contribution in [2.75, 3.05) is 7.11 Å². The summed E-state index contributed by atoms with van der Waals surface area (Å²) in [5, 5.41) is 0. The molecule has 1 aliphatic rings. The molecule has 1 aromatic carbocycles. The van der Waals surface area contributed by atoms with E-state index in [-0.39, 0.29) is 11.9 Å². The molecule has 0 saturated heterocycles. The van der Waals surface area contributed by atoms with Gasteiger partial charge in [-0.3, -0.25) is 4.79 Å².